The molecule has 40 heavy (non-hydrogen) atoms. The van der Waals surface area contributed by atoms with Gasteiger partial charge in [-0.2, -0.15) is 0 Å². The maximum absolute atomic E-state index is 13.3. The number of fused-ring (bicyclic) bond motifs is 1. The molecule has 0 aliphatic carbocycles. The summed E-state index contributed by atoms with van der Waals surface area (Å²) < 4.78 is 1.90. The molecule has 1 aliphatic heterocycles. The highest BCUT2D eigenvalue weighted by Crippen LogP contribution is 2.36. The van der Waals surface area contributed by atoms with Crippen molar-refractivity contribution in [1.82, 2.24) is 24.3 Å². The predicted molar refractivity (Wildman–Crippen MR) is 157 cm³/mol. The first-order valence-electron chi connectivity index (χ1n) is 12.9. The molecule has 10 heteroatoms. The van der Waals surface area contributed by atoms with Gasteiger partial charge in [-0.05, 0) is 50.1 Å². The summed E-state index contributed by atoms with van der Waals surface area (Å²) in [4.78, 5) is 41.4. The molecule has 1 aliphatic rings. The van der Waals surface area contributed by atoms with Crippen molar-refractivity contribution >= 4 is 40.2 Å². The second-order valence-electron chi connectivity index (χ2n) is 9.61. The zero-order valence-electron chi connectivity index (χ0n) is 21.9. The molecule has 0 saturated carbocycles. The van der Waals surface area contributed by atoms with Crippen molar-refractivity contribution in [2.24, 2.45) is 0 Å². The summed E-state index contributed by atoms with van der Waals surface area (Å²) in [5, 5.41) is 5.99. The standard InChI is InChI=1S/C30H27N7O2S/c1-3-25(38)36-13-6-11-24(36)29-35-26(27-28(31)32-12-14-37(27)29)20-8-4-9-21(15-20)30(39)34-22-10-5-7-19(16-22)23-17-40-18(2)33-23/h3-5,7-10,12,14-17,24H,1,6,11,13H2,2H3,(H2,31,32)(H,34,39)/t24-/m0/s1. The fourth-order valence-electron chi connectivity index (χ4n) is 5.20. The van der Waals surface area contributed by atoms with Crippen LogP contribution in [0.15, 0.2) is 79.0 Å². The third kappa shape index (κ3) is 4.62. The van der Waals surface area contributed by atoms with Gasteiger partial charge in [0.05, 0.1) is 16.7 Å². The number of anilines is 2. The number of rotatable bonds is 6. The van der Waals surface area contributed by atoms with Crippen molar-refractivity contribution in [3.63, 3.8) is 0 Å². The smallest absolute Gasteiger partial charge is 0.255 e. The molecule has 0 unspecified atom stereocenters. The molecule has 3 aromatic heterocycles. The summed E-state index contributed by atoms with van der Waals surface area (Å²) in [6.45, 7) is 6.25. The van der Waals surface area contributed by atoms with Crippen LogP contribution in [-0.2, 0) is 4.79 Å². The number of nitrogen functional groups attached to an aromatic ring is 1. The van der Waals surface area contributed by atoms with Gasteiger partial charge in [0.2, 0.25) is 5.91 Å². The van der Waals surface area contributed by atoms with Crippen LogP contribution in [0.25, 0.3) is 28.0 Å². The van der Waals surface area contributed by atoms with Gasteiger partial charge in [-0.1, -0.05) is 30.8 Å². The summed E-state index contributed by atoms with van der Waals surface area (Å²) in [6, 6.07) is 14.7. The summed E-state index contributed by atoms with van der Waals surface area (Å²) in [5.74, 6) is 0.646. The lowest BCUT2D eigenvalue weighted by atomic mass is 10.1. The van der Waals surface area contributed by atoms with Gasteiger partial charge in [0.1, 0.15) is 22.9 Å². The molecule has 3 N–H and O–H groups in total. The van der Waals surface area contributed by atoms with Gasteiger partial charge in [-0.3, -0.25) is 14.0 Å². The van der Waals surface area contributed by atoms with Gasteiger partial charge in [-0.25, -0.2) is 15.0 Å². The minimum Gasteiger partial charge on any atom is -0.382 e. The number of nitrogens with two attached hydrogens (primary N) is 1. The van der Waals surface area contributed by atoms with Crippen molar-refractivity contribution < 1.29 is 9.59 Å². The van der Waals surface area contributed by atoms with Crippen LogP contribution in [0.1, 0.15) is 40.1 Å². The van der Waals surface area contributed by atoms with Crippen molar-refractivity contribution in [3.05, 3.63) is 95.4 Å². The highest BCUT2D eigenvalue weighted by atomic mass is 32.1. The monoisotopic (exact) mass is 549 g/mol. The normalized spacial score (nSPS) is 14.9. The zero-order chi connectivity index (χ0) is 27.8. The highest BCUT2D eigenvalue weighted by molar-refractivity contribution is 7.09. The number of thiazole rings is 1. The van der Waals surface area contributed by atoms with Gasteiger partial charge in [0.15, 0.2) is 0 Å². The molecule has 2 amide bonds. The van der Waals surface area contributed by atoms with E-state index in [1.807, 2.05) is 53.1 Å². The summed E-state index contributed by atoms with van der Waals surface area (Å²) in [6.07, 6.45) is 6.41. The Bertz CT molecular complexity index is 1770. The van der Waals surface area contributed by atoms with Crippen molar-refractivity contribution in [2.75, 3.05) is 17.6 Å². The van der Waals surface area contributed by atoms with Crippen LogP contribution >= 0.6 is 11.3 Å². The Morgan fingerprint density at radius 1 is 1.15 bits per heavy atom. The molecular formula is C30H27N7O2S. The topological polar surface area (TPSA) is 119 Å². The Labute approximate surface area is 235 Å². The number of hydrogen-bond donors (Lipinski definition) is 2. The molecule has 0 radical (unpaired) electrons. The molecule has 1 saturated heterocycles. The van der Waals surface area contributed by atoms with Gasteiger partial charge < -0.3 is 16.0 Å². The molecule has 0 bridgehead atoms. The molecular weight excluding hydrogens is 522 g/mol. The van der Waals surface area contributed by atoms with Crippen LogP contribution in [0.4, 0.5) is 11.5 Å². The molecule has 6 rings (SSSR count). The summed E-state index contributed by atoms with van der Waals surface area (Å²) in [7, 11) is 0. The number of nitrogens with zero attached hydrogens (tertiary/aromatic N) is 5. The fourth-order valence-corrected chi connectivity index (χ4v) is 5.82. The largest absolute Gasteiger partial charge is 0.382 e. The number of hydrogen-bond acceptors (Lipinski definition) is 7. The lowest BCUT2D eigenvalue weighted by Crippen LogP contribution is -2.29. The number of likely N-dealkylation sites (tertiary alicyclic amines) is 1. The van der Waals surface area contributed by atoms with E-state index in [2.05, 4.69) is 21.9 Å². The average Bonchev–Trinajstić information content (AvgIpc) is 3.71. The van der Waals surface area contributed by atoms with E-state index in [0.29, 0.717) is 40.6 Å². The molecule has 4 heterocycles. The molecule has 200 valence electrons. The predicted octanol–water partition coefficient (Wildman–Crippen LogP) is 5.51. The maximum Gasteiger partial charge on any atom is 0.255 e. The van der Waals surface area contributed by atoms with Crippen LogP contribution in [0.5, 0.6) is 0 Å². The quantitative estimate of drug-likeness (QED) is 0.270. The summed E-state index contributed by atoms with van der Waals surface area (Å²) in [5.41, 5.74) is 11.3. The van der Waals surface area contributed by atoms with Crippen LogP contribution in [0, 0.1) is 6.92 Å². The Morgan fingerprint density at radius 3 is 2.77 bits per heavy atom. The molecule has 1 atom stereocenters. The first-order chi connectivity index (χ1) is 19.4. The molecule has 1 fully saturated rings. The van der Waals surface area contributed by atoms with E-state index in [0.717, 1.165) is 34.7 Å². The van der Waals surface area contributed by atoms with Crippen LogP contribution < -0.4 is 11.1 Å². The van der Waals surface area contributed by atoms with Crippen molar-refractivity contribution in [1.29, 1.82) is 0 Å². The number of imidazole rings is 1. The summed E-state index contributed by atoms with van der Waals surface area (Å²) >= 11 is 1.59. The number of carbonyl (C=O) groups excluding carboxylic acids is 2. The minimum absolute atomic E-state index is 0.129. The third-order valence-corrected chi connectivity index (χ3v) is 7.83. The van der Waals surface area contributed by atoms with E-state index in [4.69, 9.17) is 10.7 Å². The Morgan fingerprint density at radius 2 is 1.98 bits per heavy atom. The third-order valence-electron chi connectivity index (χ3n) is 7.05. The average molecular weight is 550 g/mol. The minimum atomic E-state index is -0.248. The fraction of sp³-hybridized carbons (Fsp3) is 0.167. The SMILES string of the molecule is C=CC(=O)N1CCC[C@H]1c1nc(-c2cccc(C(=O)Nc3cccc(-c4csc(C)n4)c3)c2)c2c(N)nccn12. The second kappa shape index (κ2) is 10.4. The number of carbonyl (C=O) groups is 2. The maximum atomic E-state index is 13.3. The molecule has 2 aromatic carbocycles. The van der Waals surface area contributed by atoms with Gasteiger partial charge in [-0.15, -0.1) is 11.3 Å². The number of nitrogens with one attached hydrogen (secondary N) is 1. The van der Waals surface area contributed by atoms with E-state index < -0.39 is 0 Å². The van der Waals surface area contributed by atoms with Gasteiger partial charge >= 0.3 is 0 Å². The van der Waals surface area contributed by atoms with E-state index >= 15 is 0 Å². The van der Waals surface area contributed by atoms with Crippen LogP contribution in [-0.4, -0.2) is 42.6 Å². The Kier molecular flexibility index (Phi) is 6.61. The van der Waals surface area contributed by atoms with Gasteiger partial charge in [0, 0.05) is 46.7 Å². The lowest BCUT2D eigenvalue weighted by Gasteiger charge is -2.22. The Balaban J connectivity index is 1.34. The van der Waals surface area contributed by atoms with Crippen molar-refractivity contribution in [3.8, 4) is 22.5 Å². The van der Waals surface area contributed by atoms with Crippen LogP contribution in [0.2, 0.25) is 0 Å². The van der Waals surface area contributed by atoms with Crippen molar-refractivity contribution in [2.45, 2.75) is 25.8 Å². The lowest BCUT2D eigenvalue weighted by molar-refractivity contribution is -0.127. The van der Waals surface area contributed by atoms with Crippen LogP contribution in [0.3, 0.4) is 0 Å². The van der Waals surface area contributed by atoms with E-state index in [1.165, 1.54) is 6.08 Å². The van der Waals surface area contributed by atoms with E-state index in [-0.39, 0.29) is 17.9 Å². The number of aryl methyl sites for hydroxylation is 1. The zero-order valence-corrected chi connectivity index (χ0v) is 22.7. The first kappa shape index (κ1) is 25.4. The Hall–Kier alpha value is -4.83. The molecule has 9 nitrogen and oxygen atoms in total. The van der Waals surface area contributed by atoms with E-state index in [9.17, 15) is 9.59 Å². The van der Waals surface area contributed by atoms with Gasteiger partial charge in [0.25, 0.3) is 5.91 Å². The highest BCUT2D eigenvalue weighted by Gasteiger charge is 2.33. The number of aromatic nitrogens is 4. The molecule has 0 spiro atoms. The second-order valence-corrected chi connectivity index (χ2v) is 10.7. The molecule has 5 aromatic rings. The number of amides is 2. The van der Waals surface area contributed by atoms with E-state index in [1.54, 1.807) is 40.8 Å². The number of benzene rings is 2. The first-order valence-corrected chi connectivity index (χ1v) is 13.8.